The minimum Gasteiger partial charge on any atom is -0.297 e. The van der Waals surface area contributed by atoms with Crippen LogP contribution in [0, 0.1) is 0 Å². The Hall–Kier alpha value is -1.31. The fourth-order valence-electron chi connectivity index (χ4n) is 2.78. The van der Waals surface area contributed by atoms with Gasteiger partial charge >= 0.3 is 0 Å². The minimum atomic E-state index is -2.81. The van der Waals surface area contributed by atoms with Gasteiger partial charge in [-0.05, 0) is 29.9 Å². The van der Waals surface area contributed by atoms with Crippen LogP contribution in [0.4, 0.5) is 0 Å². The number of hydrogen-bond acceptors (Lipinski definition) is 6. The first-order valence-corrected chi connectivity index (χ1v) is 10.5. The van der Waals surface area contributed by atoms with E-state index in [4.69, 9.17) is 0 Å². The fourth-order valence-corrected chi connectivity index (χ4v) is 4.80. The Kier molecular flexibility index (Phi) is 3.95. The molecule has 7 heteroatoms. The van der Waals surface area contributed by atoms with Crippen LogP contribution in [-0.2, 0) is 16.4 Å². The van der Waals surface area contributed by atoms with Crippen molar-refractivity contribution in [3.63, 3.8) is 0 Å². The van der Waals surface area contributed by atoms with Crippen LogP contribution in [0.25, 0.3) is 10.6 Å². The monoisotopic (exact) mass is 349 g/mol. The molecule has 0 bridgehead atoms. The summed E-state index contributed by atoms with van der Waals surface area (Å²) >= 11 is 1.47. The molecule has 5 nitrogen and oxygen atoms in total. The van der Waals surface area contributed by atoms with Crippen molar-refractivity contribution < 1.29 is 8.42 Å². The molecule has 0 N–H and O–H groups in total. The second-order valence-corrected chi connectivity index (χ2v) is 9.41. The normalized spacial score (nSPS) is 21.4. The molecular weight excluding hydrogens is 330 g/mol. The van der Waals surface area contributed by atoms with Gasteiger partial charge in [0.05, 0.1) is 11.5 Å². The molecular formula is C16H19N3O2S2. The fraction of sp³-hybridized carbons (Fsp3) is 0.500. The molecule has 2 aromatic rings. The molecule has 0 amide bonds. The molecule has 0 unspecified atom stereocenters. The van der Waals surface area contributed by atoms with E-state index in [-0.39, 0.29) is 11.5 Å². The maximum Gasteiger partial charge on any atom is 0.152 e. The van der Waals surface area contributed by atoms with Gasteiger partial charge in [-0.25, -0.2) is 13.4 Å². The van der Waals surface area contributed by atoms with Crippen molar-refractivity contribution in [2.24, 2.45) is 0 Å². The molecule has 1 aromatic heterocycles. The predicted molar refractivity (Wildman–Crippen MR) is 91.3 cm³/mol. The Morgan fingerprint density at radius 2 is 1.83 bits per heavy atom. The van der Waals surface area contributed by atoms with Gasteiger partial charge in [0.2, 0.25) is 0 Å². The summed E-state index contributed by atoms with van der Waals surface area (Å²) < 4.78 is 27.4. The van der Waals surface area contributed by atoms with Crippen molar-refractivity contribution in [3.8, 4) is 10.6 Å². The topological polar surface area (TPSA) is 63.2 Å². The molecule has 122 valence electrons. The van der Waals surface area contributed by atoms with Crippen molar-refractivity contribution in [3.05, 3.63) is 35.7 Å². The van der Waals surface area contributed by atoms with Crippen LogP contribution in [0.5, 0.6) is 0 Å². The lowest BCUT2D eigenvalue weighted by Gasteiger charge is -2.26. The zero-order valence-electron chi connectivity index (χ0n) is 12.8. The molecule has 1 aromatic carbocycles. The summed E-state index contributed by atoms with van der Waals surface area (Å²) in [6, 6.07) is 8.40. The van der Waals surface area contributed by atoms with Crippen LogP contribution in [0.15, 0.2) is 24.3 Å². The third kappa shape index (κ3) is 3.62. The number of aromatic nitrogens is 2. The highest BCUT2D eigenvalue weighted by Crippen LogP contribution is 2.39. The number of rotatable bonds is 4. The second-order valence-electron chi connectivity index (χ2n) is 6.36. The number of nitrogens with zero attached hydrogens (tertiary/aromatic N) is 3. The van der Waals surface area contributed by atoms with Gasteiger partial charge in [-0.1, -0.05) is 24.3 Å². The highest BCUT2D eigenvalue weighted by molar-refractivity contribution is 7.91. The first-order valence-electron chi connectivity index (χ1n) is 7.95. The molecule has 2 heterocycles. The summed E-state index contributed by atoms with van der Waals surface area (Å²) in [6.45, 7) is 2.07. The summed E-state index contributed by atoms with van der Waals surface area (Å²) in [4.78, 5) is 6.83. The Balaban J connectivity index is 1.41. The van der Waals surface area contributed by atoms with Crippen LogP contribution < -0.4 is 0 Å². The van der Waals surface area contributed by atoms with Crippen molar-refractivity contribution in [2.45, 2.75) is 25.3 Å². The first kappa shape index (κ1) is 15.2. The smallest absolute Gasteiger partial charge is 0.152 e. The maximum atomic E-state index is 11.5. The van der Waals surface area contributed by atoms with Crippen molar-refractivity contribution in [1.29, 1.82) is 0 Å². The molecule has 1 saturated heterocycles. The van der Waals surface area contributed by atoms with E-state index in [0.29, 0.717) is 19.0 Å². The van der Waals surface area contributed by atoms with Gasteiger partial charge in [-0.15, -0.1) is 0 Å². The molecule has 0 spiro atoms. The average molecular weight is 349 g/mol. The second kappa shape index (κ2) is 5.96. The summed E-state index contributed by atoms with van der Waals surface area (Å²) in [6.07, 6.45) is 2.45. The van der Waals surface area contributed by atoms with E-state index in [9.17, 15) is 8.42 Å². The third-order valence-electron chi connectivity index (χ3n) is 4.43. The quantitative estimate of drug-likeness (QED) is 0.848. The van der Waals surface area contributed by atoms with Crippen LogP contribution in [0.3, 0.4) is 0 Å². The highest BCUT2D eigenvalue weighted by Gasteiger charge is 2.28. The van der Waals surface area contributed by atoms with E-state index in [1.165, 1.54) is 29.9 Å². The van der Waals surface area contributed by atoms with E-state index in [2.05, 4.69) is 38.5 Å². The van der Waals surface area contributed by atoms with Gasteiger partial charge in [0.25, 0.3) is 0 Å². The molecule has 0 radical (unpaired) electrons. The van der Waals surface area contributed by atoms with Crippen molar-refractivity contribution in [1.82, 2.24) is 14.3 Å². The SMILES string of the molecule is O=S1(=O)CCN(Cc2ccc(-c3nc(C4CC4)ns3)cc2)CC1. The minimum absolute atomic E-state index is 0.278. The average Bonchev–Trinajstić information content (AvgIpc) is 3.28. The lowest BCUT2D eigenvalue weighted by molar-refractivity contribution is 0.287. The number of sulfone groups is 1. The van der Waals surface area contributed by atoms with E-state index in [1.54, 1.807) is 0 Å². The summed E-state index contributed by atoms with van der Waals surface area (Å²) in [5, 5.41) is 0.988. The van der Waals surface area contributed by atoms with E-state index in [0.717, 1.165) is 22.9 Å². The zero-order valence-corrected chi connectivity index (χ0v) is 14.4. The summed E-state index contributed by atoms with van der Waals surface area (Å²) in [5.41, 5.74) is 2.32. The van der Waals surface area contributed by atoms with Gasteiger partial charge in [-0.3, -0.25) is 4.90 Å². The Morgan fingerprint density at radius 1 is 1.13 bits per heavy atom. The molecule has 1 saturated carbocycles. The molecule has 23 heavy (non-hydrogen) atoms. The van der Waals surface area contributed by atoms with Gasteiger partial charge in [0.15, 0.2) is 9.84 Å². The third-order valence-corrected chi connectivity index (χ3v) is 6.82. The van der Waals surface area contributed by atoms with Gasteiger partial charge in [0.1, 0.15) is 10.8 Å². The van der Waals surface area contributed by atoms with Crippen molar-refractivity contribution in [2.75, 3.05) is 24.6 Å². The van der Waals surface area contributed by atoms with Gasteiger partial charge in [-0.2, -0.15) is 4.37 Å². The number of benzene rings is 1. The lowest BCUT2D eigenvalue weighted by Crippen LogP contribution is -2.39. The molecule has 1 aliphatic heterocycles. The largest absolute Gasteiger partial charge is 0.297 e. The van der Waals surface area contributed by atoms with E-state index in [1.807, 2.05) is 0 Å². The van der Waals surface area contributed by atoms with Crippen LogP contribution in [-0.4, -0.2) is 47.3 Å². The van der Waals surface area contributed by atoms with Gasteiger partial charge < -0.3 is 0 Å². The Morgan fingerprint density at radius 3 is 2.48 bits per heavy atom. The molecule has 2 fully saturated rings. The maximum absolute atomic E-state index is 11.5. The van der Waals surface area contributed by atoms with E-state index < -0.39 is 9.84 Å². The predicted octanol–water partition coefficient (Wildman–Crippen LogP) is 2.31. The Bertz CT molecular complexity index is 781. The molecule has 1 aliphatic carbocycles. The highest BCUT2D eigenvalue weighted by atomic mass is 32.2. The molecule has 4 rings (SSSR count). The summed E-state index contributed by atoms with van der Waals surface area (Å²) in [7, 11) is -2.81. The van der Waals surface area contributed by atoms with Crippen LogP contribution in [0.1, 0.15) is 30.1 Å². The van der Waals surface area contributed by atoms with Gasteiger partial charge in [0, 0.05) is 31.1 Å². The van der Waals surface area contributed by atoms with Crippen molar-refractivity contribution >= 4 is 21.4 Å². The molecule has 2 aliphatic rings. The Labute approximate surface area is 140 Å². The zero-order chi connectivity index (χ0) is 15.9. The summed E-state index contributed by atoms with van der Waals surface area (Å²) in [5.74, 6) is 2.15. The first-order chi connectivity index (χ1) is 11.1. The number of hydrogen-bond donors (Lipinski definition) is 0. The molecule has 0 atom stereocenters. The van der Waals surface area contributed by atoms with E-state index >= 15 is 0 Å². The standard InChI is InChI=1S/C16H19N3O2S2/c20-23(21)9-7-19(8-10-23)11-12-1-3-14(4-2-12)16-17-15(18-22-16)13-5-6-13/h1-4,13H,5-11H2. The van der Waals surface area contributed by atoms with Crippen LogP contribution in [0.2, 0.25) is 0 Å². The van der Waals surface area contributed by atoms with Crippen LogP contribution >= 0.6 is 11.5 Å². The lowest BCUT2D eigenvalue weighted by atomic mass is 10.1.